The molecule has 0 saturated heterocycles. The second kappa shape index (κ2) is 10.8. The zero-order valence-electron chi connectivity index (χ0n) is 18.3. The molecule has 166 valence electrons. The third-order valence-corrected chi connectivity index (χ3v) is 5.91. The van der Waals surface area contributed by atoms with Crippen LogP contribution in [0.3, 0.4) is 0 Å². The van der Waals surface area contributed by atoms with Gasteiger partial charge >= 0.3 is 0 Å². The zero-order chi connectivity index (χ0) is 23.0. The number of benzene rings is 3. The fourth-order valence-corrected chi connectivity index (χ4v) is 4.11. The van der Waals surface area contributed by atoms with Crippen LogP contribution < -0.4 is 5.32 Å². The number of aromatic nitrogens is 1. The Kier molecular flexibility index (Phi) is 7.37. The third kappa shape index (κ3) is 5.99. The summed E-state index contributed by atoms with van der Waals surface area (Å²) in [7, 11) is 0. The van der Waals surface area contributed by atoms with Crippen LogP contribution in [0.5, 0.6) is 0 Å². The summed E-state index contributed by atoms with van der Waals surface area (Å²) >= 11 is 1.29. The van der Waals surface area contributed by atoms with Crippen LogP contribution in [0.1, 0.15) is 22.8 Å². The van der Waals surface area contributed by atoms with Crippen molar-refractivity contribution in [2.45, 2.75) is 18.6 Å². The minimum Gasteiger partial charge on any atom is -0.431 e. The SMILES string of the molecule is CC(=O)NCCc1ccc(C(=O)CSc2nc(-c3ccccc3)c(-c3ccccc3)o2)cc1. The van der Waals surface area contributed by atoms with Gasteiger partial charge in [-0.3, -0.25) is 9.59 Å². The van der Waals surface area contributed by atoms with Crippen LogP contribution in [-0.2, 0) is 11.2 Å². The Labute approximate surface area is 197 Å². The van der Waals surface area contributed by atoms with Crippen molar-refractivity contribution < 1.29 is 14.0 Å². The maximum Gasteiger partial charge on any atom is 0.257 e. The van der Waals surface area contributed by atoms with E-state index in [9.17, 15) is 9.59 Å². The van der Waals surface area contributed by atoms with Crippen molar-refractivity contribution in [3.05, 3.63) is 96.1 Å². The van der Waals surface area contributed by atoms with E-state index in [0.29, 0.717) is 23.1 Å². The standard InChI is InChI=1S/C27H24N2O3S/c1-19(30)28-17-16-20-12-14-21(15-13-20)24(31)18-33-27-29-25(22-8-4-2-5-9-22)26(32-27)23-10-6-3-7-11-23/h2-15H,16-18H2,1H3,(H,28,30). The molecule has 0 aliphatic carbocycles. The quantitative estimate of drug-likeness (QED) is 0.260. The van der Waals surface area contributed by atoms with Crippen LogP contribution in [0.25, 0.3) is 22.6 Å². The van der Waals surface area contributed by atoms with Gasteiger partial charge in [-0.1, -0.05) is 96.7 Å². The summed E-state index contributed by atoms with van der Waals surface area (Å²) in [5, 5.41) is 3.24. The van der Waals surface area contributed by atoms with Gasteiger partial charge in [0.1, 0.15) is 5.69 Å². The molecular formula is C27H24N2O3S. The predicted molar refractivity (Wildman–Crippen MR) is 131 cm³/mol. The Morgan fingerprint density at radius 2 is 1.52 bits per heavy atom. The zero-order valence-corrected chi connectivity index (χ0v) is 19.1. The summed E-state index contributed by atoms with van der Waals surface area (Å²) in [6.45, 7) is 2.08. The first-order chi connectivity index (χ1) is 16.1. The van der Waals surface area contributed by atoms with Crippen molar-refractivity contribution in [3.8, 4) is 22.6 Å². The number of nitrogens with zero attached hydrogens (tertiary/aromatic N) is 1. The molecule has 0 radical (unpaired) electrons. The highest BCUT2D eigenvalue weighted by atomic mass is 32.2. The molecule has 1 heterocycles. The molecule has 4 rings (SSSR count). The number of oxazole rings is 1. The van der Waals surface area contributed by atoms with E-state index in [2.05, 4.69) is 5.32 Å². The van der Waals surface area contributed by atoms with Crippen LogP contribution >= 0.6 is 11.8 Å². The number of hydrogen-bond acceptors (Lipinski definition) is 5. The van der Waals surface area contributed by atoms with Crippen molar-refractivity contribution >= 4 is 23.5 Å². The van der Waals surface area contributed by atoms with Crippen molar-refractivity contribution in [1.82, 2.24) is 10.3 Å². The molecule has 1 amide bonds. The van der Waals surface area contributed by atoms with Gasteiger partial charge in [0, 0.05) is 30.2 Å². The number of rotatable bonds is 9. The van der Waals surface area contributed by atoms with Crippen molar-refractivity contribution in [2.75, 3.05) is 12.3 Å². The van der Waals surface area contributed by atoms with Crippen LogP contribution in [-0.4, -0.2) is 29.0 Å². The Balaban J connectivity index is 1.45. The van der Waals surface area contributed by atoms with Gasteiger partial charge in [0.2, 0.25) is 5.91 Å². The van der Waals surface area contributed by atoms with Gasteiger partial charge in [-0.05, 0) is 12.0 Å². The van der Waals surface area contributed by atoms with Gasteiger partial charge in [0.05, 0.1) is 5.75 Å². The normalized spacial score (nSPS) is 10.7. The molecule has 0 aliphatic rings. The minimum atomic E-state index is -0.0452. The fraction of sp³-hybridized carbons (Fsp3) is 0.148. The Hall–Kier alpha value is -3.64. The lowest BCUT2D eigenvalue weighted by Gasteiger charge is -2.04. The van der Waals surface area contributed by atoms with E-state index in [0.717, 1.165) is 28.8 Å². The van der Waals surface area contributed by atoms with E-state index in [1.165, 1.54) is 18.7 Å². The second-order valence-electron chi connectivity index (χ2n) is 7.53. The molecule has 0 bridgehead atoms. The van der Waals surface area contributed by atoms with Gasteiger partial charge in [-0.2, -0.15) is 0 Å². The molecule has 0 aliphatic heterocycles. The first-order valence-corrected chi connectivity index (χ1v) is 11.7. The van der Waals surface area contributed by atoms with Crippen LogP contribution in [0.4, 0.5) is 0 Å². The van der Waals surface area contributed by atoms with Gasteiger partial charge in [0.25, 0.3) is 5.22 Å². The average Bonchev–Trinajstić information content (AvgIpc) is 3.28. The van der Waals surface area contributed by atoms with E-state index in [4.69, 9.17) is 9.40 Å². The monoisotopic (exact) mass is 456 g/mol. The number of hydrogen-bond donors (Lipinski definition) is 1. The molecule has 0 unspecified atom stereocenters. The van der Waals surface area contributed by atoms with Crippen molar-refractivity contribution in [2.24, 2.45) is 0 Å². The number of carbonyl (C=O) groups is 2. The summed E-state index contributed by atoms with van der Waals surface area (Å²) < 4.78 is 6.09. The minimum absolute atomic E-state index is 0.00846. The number of Topliss-reactive ketones (excluding diaryl/α,β-unsaturated/α-hetero) is 1. The van der Waals surface area contributed by atoms with Crippen molar-refractivity contribution in [1.29, 1.82) is 0 Å². The smallest absolute Gasteiger partial charge is 0.257 e. The van der Waals surface area contributed by atoms with Crippen LogP contribution in [0.15, 0.2) is 94.6 Å². The molecule has 0 atom stereocenters. The van der Waals surface area contributed by atoms with Crippen LogP contribution in [0.2, 0.25) is 0 Å². The van der Waals surface area contributed by atoms with Gasteiger partial charge in [-0.25, -0.2) is 4.98 Å². The van der Waals surface area contributed by atoms with Gasteiger partial charge < -0.3 is 9.73 Å². The highest BCUT2D eigenvalue weighted by Gasteiger charge is 2.18. The molecule has 3 aromatic carbocycles. The lowest BCUT2D eigenvalue weighted by molar-refractivity contribution is -0.118. The lowest BCUT2D eigenvalue weighted by atomic mass is 10.1. The van der Waals surface area contributed by atoms with Gasteiger partial charge in [-0.15, -0.1) is 0 Å². The summed E-state index contributed by atoms with van der Waals surface area (Å²) in [5.74, 6) is 0.888. The van der Waals surface area contributed by atoms with E-state index < -0.39 is 0 Å². The largest absolute Gasteiger partial charge is 0.431 e. The maximum absolute atomic E-state index is 12.7. The Morgan fingerprint density at radius 1 is 0.879 bits per heavy atom. The van der Waals surface area contributed by atoms with E-state index >= 15 is 0 Å². The number of thioether (sulfide) groups is 1. The molecule has 5 nitrogen and oxygen atoms in total. The second-order valence-corrected chi connectivity index (χ2v) is 8.46. The number of ketones is 1. The first-order valence-electron chi connectivity index (χ1n) is 10.7. The van der Waals surface area contributed by atoms with Crippen molar-refractivity contribution in [3.63, 3.8) is 0 Å². The third-order valence-electron chi connectivity index (χ3n) is 5.08. The molecule has 1 N–H and O–H groups in total. The first kappa shape index (κ1) is 22.6. The molecule has 0 spiro atoms. The number of nitrogens with one attached hydrogen (secondary N) is 1. The highest BCUT2D eigenvalue weighted by Crippen LogP contribution is 2.35. The summed E-state index contributed by atoms with van der Waals surface area (Å²) in [6.07, 6.45) is 0.726. The average molecular weight is 457 g/mol. The highest BCUT2D eigenvalue weighted by molar-refractivity contribution is 7.99. The molecular weight excluding hydrogens is 432 g/mol. The maximum atomic E-state index is 12.7. The number of carbonyl (C=O) groups excluding carboxylic acids is 2. The van der Waals surface area contributed by atoms with Gasteiger partial charge in [0.15, 0.2) is 11.5 Å². The van der Waals surface area contributed by atoms with E-state index in [-0.39, 0.29) is 17.4 Å². The topological polar surface area (TPSA) is 72.2 Å². The van der Waals surface area contributed by atoms with Crippen LogP contribution in [0, 0.1) is 0 Å². The fourth-order valence-electron chi connectivity index (χ4n) is 3.39. The summed E-state index contributed by atoms with van der Waals surface area (Å²) in [6, 6.07) is 27.2. The number of amides is 1. The molecule has 6 heteroatoms. The summed E-state index contributed by atoms with van der Waals surface area (Å²) in [5.41, 5.74) is 4.38. The molecule has 33 heavy (non-hydrogen) atoms. The lowest BCUT2D eigenvalue weighted by Crippen LogP contribution is -2.22. The molecule has 0 fully saturated rings. The Bertz CT molecular complexity index is 1160. The summed E-state index contributed by atoms with van der Waals surface area (Å²) in [4.78, 5) is 28.4. The Morgan fingerprint density at radius 3 is 2.15 bits per heavy atom. The molecule has 1 aromatic heterocycles. The molecule has 0 saturated carbocycles. The van der Waals surface area contributed by atoms with E-state index in [1.54, 1.807) is 0 Å². The predicted octanol–water partition coefficient (Wildman–Crippen LogP) is 5.66. The molecule has 4 aromatic rings. The van der Waals surface area contributed by atoms with E-state index in [1.807, 2.05) is 84.9 Å².